The number of carbonyl (C=O) groups is 1. The van der Waals surface area contributed by atoms with Gasteiger partial charge >= 0.3 is 0 Å². The zero-order valence-electron chi connectivity index (χ0n) is 14.4. The molecular weight excluding hydrogens is 316 g/mol. The molecule has 6 heteroatoms. The maximum absolute atomic E-state index is 12.4. The Balaban J connectivity index is 1.54. The normalized spacial score (nSPS) is 20.0. The van der Waals surface area contributed by atoms with Crippen molar-refractivity contribution in [1.29, 1.82) is 0 Å². The lowest BCUT2D eigenvalue weighted by molar-refractivity contribution is -0.122. The van der Waals surface area contributed by atoms with Gasteiger partial charge in [-0.1, -0.05) is 24.3 Å². The average molecular weight is 340 g/mol. The second kappa shape index (κ2) is 8.58. The van der Waals surface area contributed by atoms with Crippen LogP contribution >= 0.6 is 0 Å². The van der Waals surface area contributed by atoms with Gasteiger partial charge in [-0.05, 0) is 37.0 Å². The van der Waals surface area contributed by atoms with Crippen molar-refractivity contribution in [3.63, 3.8) is 0 Å². The molecule has 1 amide bonds. The van der Waals surface area contributed by atoms with Crippen LogP contribution in [0.2, 0.25) is 0 Å². The summed E-state index contributed by atoms with van der Waals surface area (Å²) in [4.78, 5) is 20.5. The molecule has 25 heavy (non-hydrogen) atoms. The summed E-state index contributed by atoms with van der Waals surface area (Å²) in [6, 6.07) is 10.0. The number of benzene rings is 1. The van der Waals surface area contributed by atoms with Gasteiger partial charge in [-0.2, -0.15) is 0 Å². The van der Waals surface area contributed by atoms with E-state index in [1.54, 1.807) is 6.20 Å². The van der Waals surface area contributed by atoms with Crippen molar-refractivity contribution in [1.82, 2.24) is 15.3 Å². The van der Waals surface area contributed by atoms with Crippen molar-refractivity contribution >= 4 is 11.7 Å². The maximum atomic E-state index is 12.4. The standard InChI is InChI=1S/C19H24N4O2/c1-14-4-2-3-5-15(14)6-7-19(24)23-16-9-11-25-12-17(16)22-18-8-10-20-13-21-18/h2-5,8,10,13,16-17H,6-7,9,11-12H2,1H3,(H,23,24)(H,20,21,22)/t16-,17+/m0/s1. The van der Waals surface area contributed by atoms with E-state index in [1.165, 1.54) is 17.5 Å². The third kappa shape index (κ3) is 5.00. The van der Waals surface area contributed by atoms with Crippen LogP contribution in [-0.2, 0) is 16.0 Å². The summed E-state index contributed by atoms with van der Waals surface area (Å²) in [6.45, 7) is 3.28. The summed E-state index contributed by atoms with van der Waals surface area (Å²) >= 11 is 0. The van der Waals surface area contributed by atoms with E-state index >= 15 is 0 Å². The molecule has 6 nitrogen and oxygen atoms in total. The van der Waals surface area contributed by atoms with Crippen molar-refractivity contribution in [2.24, 2.45) is 0 Å². The molecule has 1 saturated heterocycles. The third-order valence-corrected chi connectivity index (χ3v) is 4.50. The lowest BCUT2D eigenvalue weighted by Crippen LogP contribution is -2.52. The van der Waals surface area contributed by atoms with Gasteiger partial charge in [0.1, 0.15) is 12.1 Å². The van der Waals surface area contributed by atoms with Crippen LogP contribution in [0, 0.1) is 6.92 Å². The molecule has 0 bridgehead atoms. The topological polar surface area (TPSA) is 76.1 Å². The first-order valence-corrected chi connectivity index (χ1v) is 8.66. The zero-order chi connectivity index (χ0) is 17.5. The molecule has 1 aliphatic rings. The number of aromatic nitrogens is 2. The first kappa shape index (κ1) is 17.4. The van der Waals surface area contributed by atoms with Gasteiger partial charge in [0.2, 0.25) is 5.91 Å². The highest BCUT2D eigenvalue weighted by Gasteiger charge is 2.27. The number of hydrogen-bond donors (Lipinski definition) is 2. The lowest BCUT2D eigenvalue weighted by atomic mass is 10.0. The second-order valence-electron chi connectivity index (χ2n) is 6.31. The van der Waals surface area contributed by atoms with E-state index in [1.807, 2.05) is 18.2 Å². The Kier molecular flexibility index (Phi) is 5.95. The maximum Gasteiger partial charge on any atom is 0.220 e. The number of nitrogens with zero attached hydrogens (tertiary/aromatic N) is 2. The van der Waals surface area contributed by atoms with E-state index < -0.39 is 0 Å². The molecule has 0 aliphatic carbocycles. The first-order valence-electron chi connectivity index (χ1n) is 8.66. The Morgan fingerprint density at radius 2 is 2.16 bits per heavy atom. The summed E-state index contributed by atoms with van der Waals surface area (Å²) in [5, 5.41) is 6.48. The smallest absolute Gasteiger partial charge is 0.220 e. The van der Waals surface area contributed by atoms with Crippen molar-refractivity contribution in [3.8, 4) is 0 Å². The molecule has 2 N–H and O–H groups in total. The molecule has 132 valence electrons. The van der Waals surface area contributed by atoms with Crippen LogP contribution in [0.15, 0.2) is 42.9 Å². The number of aryl methyl sites for hydroxylation is 2. The van der Waals surface area contributed by atoms with Gasteiger partial charge in [0.25, 0.3) is 0 Å². The van der Waals surface area contributed by atoms with Crippen LogP contribution in [0.1, 0.15) is 24.0 Å². The molecule has 1 fully saturated rings. The predicted octanol–water partition coefficient (Wildman–Crippen LogP) is 2.10. The summed E-state index contributed by atoms with van der Waals surface area (Å²) in [7, 11) is 0. The zero-order valence-corrected chi connectivity index (χ0v) is 14.4. The van der Waals surface area contributed by atoms with Crippen molar-refractivity contribution < 1.29 is 9.53 Å². The average Bonchev–Trinajstić information content (AvgIpc) is 2.64. The molecule has 2 atom stereocenters. The molecule has 0 saturated carbocycles. The van der Waals surface area contributed by atoms with Gasteiger partial charge in [-0.3, -0.25) is 4.79 Å². The Morgan fingerprint density at radius 3 is 2.96 bits per heavy atom. The van der Waals surface area contributed by atoms with E-state index in [9.17, 15) is 4.79 Å². The van der Waals surface area contributed by atoms with Gasteiger partial charge in [-0.25, -0.2) is 9.97 Å². The van der Waals surface area contributed by atoms with Crippen LogP contribution in [0.4, 0.5) is 5.82 Å². The third-order valence-electron chi connectivity index (χ3n) is 4.50. The van der Waals surface area contributed by atoms with Gasteiger partial charge in [-0.15, -0.1) is 0 Å². The predicted molar refractivity (Wildman–Crippen MR) is 96.3 cm³/mol. The van der Waals surface area contributed by atoms with Gasteiger partial charge in [0, 0.05) is 19.2 Å². The Morgan fingerprint density at radius 1 is 1.28 bits per heavy atom. The Bertz CT molecular complexity index is 693. The largest absolute Gasteiger partial charge is 0.379 e. The minimum atomic E-state index is 0.00561. The Hall–Kier alpha value is -2.47. The SMILES string of the molecule is Cc1ccccc1CCC(=O)N[C@H]1CCOC[C@H]1Nc1ccncn1. The first-order chi connectivity index (χ1) is 12.2. The fourth-order valence-electron chi connectivity index (χ4n) is 3.04. The van der Waals surface area contributed by atoms with Crippen LogP contribution in [-0.4, -0.2) is 41.2 Å². The number of carbonyl (C=O) groups excluding carboxylic acids is 1. The molecule has 2 heterocycles. The number of nitrogens with one attached hydrogen (secondary N) is 2. The number of rotatable bonds is 6. The van der Waals surface area contributed by atoms with E-state index in [0.717, 1.165) is 18.7 Å². The highest BCUT2D eigenvalue weighted by atomic mass is 16.5. The Labute approximate surface area is 148 Å². The van der Waals surface area contributed by atoms with Crippen molar-refractivity contribution in [2.45, 2.75) is 38.3 Å². The minimum Gasteiger partial charge on any atom is -0.379 e. The molecule has 1 aliphatic heterocycles. The second-order valence-corrected chi connectivity index (χ2v) is 6.31. The molecule has 0 spiro atoms. The molecule has 1 aromatic carbocycles. The summed E-state index contributed by atoms with van der Waals surface area (Å²) < 4.78 is 5.55. The van der Waals surface area contributed by atoms with Gasteiger partial charge in [0.05, 0.1) is 18.7 Å². The lowest BCUT2D eigenvalue weighted by Gasteiger charge is -2.33. The number of amides is 1. The molecule has 0 unspecified atom stereocenters. The summed E-state index contributed by atoms with van der Waals surface area (Å²) in [6.07, 6.45) is 5.23. The van der Waals surface area contributed by atoms with E-state index in [-0.39, 0.29) is 18.0 Å². The molecule has 0 radical (unpaired) electrons. The van der Waals surface area contributed by atoms with E-state index in [2.05, 4.69) is 39.7 Å². The highest BCUT2D eigenvalue weighted by Crippen LogP contribution is 2.14. The number of ether oxygens (including phenoxy) is 1. The van der Waals surface area contributed by atoms with Crippen LogP contribution in [0.5, 0.6) is 0 Å². The highest BCUT2D eigenvalue weighted by molar-refractivity contribution is 5.76. The number of hydrogen-bond acceptors (Lipinski definition) is 5. The van der Waals surface area contributed by atoms with Gasteiger partial charge in [0.15, 0.2) is 0 Å². The van der Waals surface area contributed by atoms with Crippen molar-refractivity contribution in [2.75, 3.05) is 18.5 Å². The minimum absolute atomic E-state index is 0.00561. The summed E-state index contributed by atoms with van der Waals surface area (Å²) in [5.41, 5.74) is 2.45. The van der Waals surface area contributed by atoms with Crippen LogP contribution in [0.3, 0.4) is 0 Å². The number of anilines is 1. The fraction of sp³-hybridized carbons (Fsp3) is 0.421. The van der Waals surface area contributed by atoms with Gasteiger partial charge < -0.3 is 15.4 Å². The fourth-order valence-corrected chi connectivity index (χ4v) is 3.04. The molecule has 3 rings (SSSR count). The monoisotopic (exact) mass is 340 g/mol. The molecular formula is C19H24N4O2. The molecule has 1 aromatic heterocycles. The van der Waals surface area contributed by atoms with Crippen molar-refractivity contribution in [3.05, 3.63) is 54.0 Å². The van der Waals surface area contributed by atoms with Crippen LogP contribution in [0.25, 0.3) is 0 Å². The van der Waals surface area contributed by atoms with Crippen LogP contribution < -0.4 is 10.6 Å². The van der Waals surface area contributed by atoms with E-state index in [0.29, 0.717) is 19.6 Å². The quantitative estimate of drug-likeness (QED) is 0.842. The summed E-state index contributed by atoms with van der Waals surface area (Å²) in [5.74, 6) is 0.814. The van der Waals surface area contributed by atoms with E-state index in [4.69, 9.17) is 4.74 Å². The molecule has 2 aromatic rings.